The molecule has 1 aliphatic heterocycles. The zero-order chi connectivity index (χ0) is 23.8. The monoisotopic (exact) mass is 454 g/mol. The number of aliphatic hydroxyl groups excluding tert-OH is 1. The van der Waals surface area contributed by atoms with E-state index in [9.17, 15) is 9.90 Å². The summed E-state index contributed by atoms with van der Waals surface area (Å²) in [5, 5.41) is 10.9. The minimum Gasteiger partial charge on any atom is -0.453 e. The number of hydrogen-bond donors (Lipinski definition) is 1. The molecule has 2 bridgehead atoms. The van der Waals surface area contributed by atoms with Crippen molar-refractivity contribution < 1.29 is 14.6 Å². The lowest BCUT2D eigenvalue weighted by Crippen LogP contribution is -2.71. The largest absolute Gasteiger partial charge is 0.453 e. The van der Waals surface area contributed by atoms with Crippen molar-refractivity contribution in [3.8, 4) is 0 Å². The van der Waals surface area contributed by atoms with Gasteiger partial charge in [-0.15, -0.1) is 0 Å². The Kier molecular flexibility index (Phi) is 4.31. The summed E-state index contributed by atoms with van der Waals surface area (Å²) in [5.41, 5.74) is -0.514. The number of rotatable bonds is 0. The predicted octanol–water partition coefficient (Wildman–Crippen LogP) is 6.54. The fraction of sp³-hybridized carbons (Fsp3) is 0.900. The summed E-state index contributed by atoms with van der Waals surface area (Å²) in [6.07, 6.45) is 13.4. The van der Waals surface area contributed by atoms with E-state index in [-0.39, 0.29) is 39.1 Å². The van der Waals surface area contributed by atoms with Crippen molar-refractivity contribution in [2.45, 2.75) is 112 Å². The molecule has 0 aromatic heterocycles. The molecule has 3 nitrogen and oxygen atoms in total. The molecule has 4 saturated carbocycles. The summed E-state index contributed by atoms with van der Waals surface area (Å²) in [6, 6.07) is 0. The molecule has 0 amide bonds. The van der Waals surface area contributed by atoms with Gasteiger partial charge in [0.2, 0.25) is 0 Å². The highest BCUT2D eigenvalue weighted by molar-refractivity contribution is 5.82. The first-order chi connectivity index (χ1) is 15.3. The molecule has 11 atom stereocenters. The first kappa shape index (κ1) is 22.6. The summed E-state index contributed by atoms with van der Waals surface area (Å²) < 4.78 is 6.71. The topological polar surface area (TPSA) is 46.5 Å². The van der Waals surface area contributed by atoms with E-state index in [1.54, 1.807) is 0 Å². The molecule has 3 unspecified atom stereocenters. The summed E-state index contributed by atoms with van der Waals surface area (Å²) in [7, 11) is 0. The molecule has 33 heavy (non-hydrogen) atoms. The molecule has 1 N–H and O–H groups in total. The summed E-state index contributed by atoms with van der Waals surface area (Å²) in [4.78, 5) is 13.6. The second-order valence-corrected chi connectivity index (χ2v) is 14.8. The predicted molar refractivity (Wildman–Crippen MR) is 130 cm³/mol. The van der Waals surface area contributed by atoms with Crippen molar-refractivity contribution in [3.63, 3.8) is 0 Å². The van der Waals surface area contributed by atoms with Gasteiger partial charge in [-0.25, -0.2) is 0 Å². The summed E-state index contributed by atoms with van der Waals surface area (Å²) >= 11 is 0. The van der Waals surface area contributed by atoms with E-state index in [0.717, 1.165) is 44.9 Å². The average Bonchev–Trinajstić information content (AvgIpc) is 2.95. The van der Waals surface area contributed by atoms with E-state index in [0.29, 0.717) is 29.6 Å². The van der Waals surface area contributed by atoms with E-state index in [4.69, 9.17) is 4.74 Å². The molecule has 0 aromatic carbocycles. The van der Waals surface area contributed by atoms with Gasteiger partial charge in [-0.1, -0.05) is 54.5 Å². The van der Waals surface area contributed by atoms with Gasteiger partial charge < -0.3 is 9.84 Å². The molecule has 1 spiro atoms. The number of carbonyl (C=O) groups excluding carboxylic acids is 1. The van der Waals surface area contributed by atoms with E-state index in [2.05, 4.69) is 60.6 Å². The van der Waals surface area contributed by atoms with E-state index in [1.165, 1.54) is 6.42 Å². The standard InChI is InChI=1S/C30H46O3/c1-18-8-14-29-17-16-28(7)27(6)13-9-20-25(3,4)22(31)11-12-26(20,5)21(27)10-15-30(28,33-24(29)32)23(29)19(18)2/h10,15,18-23,31H,8-9,11-14,16-17H2,1-7H3/t18-,19+,20?,21+,22?,23-,26+,27-,28+,29+,30?/m1/s1. The Morgan fingerprint density at radius 1 is 0.939 bits per heavy atom. The van der Waals surface area contributed by atoms with Crippen molar-refractivity contribution >= 4 is 5.97 Å². The first-order valence-electron chi connectivity index (χ1n) is 13.9. The number of fused-ring (bicyclic) bond motifs is 4. The highest BCUT2D eigenvalue weighted by Crippen LogP contribution is 2.79. The number of allylic oxidation sites excluding steroid dienone is 1. The van der Waals surface area contributed by atoms with Gasteiger partial charge in [-0.2, -0.15) is 0 Å². The van der Waals surface area contributed by atoms with E-state index in [1.807, 2.05) is 0 Å². The van der Waals surface area contributed by atoms with Crippen LogP contribution in [0.5, 0.6) is 0 Å². The quantitative estimate of drug-likeness (QED) is 0.334. The number of carbonyl (C=O) groups is 1. The number of hydrogen-bond acceptors (Lipinski definition) is 3. The number of ether oxygens (including phenoxy) is 1. The molecule has 5 aliphatic carbocycles. The second-order valence-electron chi connectivity index (χ2n) is 14.8. The zero-order valence-electron chi connectivity index (χ0n) is 22.0. The Balaban J connectivity index is 1.52. The van der Waals surface area contributed by atoms with Gasteiger partial charge in [0.25, 0.3) is 0 Å². The lowest BCUT2D eigenvalue weighted by molar-refractivity contribution is -0.245. The van der Waals surface area contributed by atoms with Crippen LogP contribution >= 0.6 is 0 Å². The smallest absolute Gasteiger partial charge is 0.313 e. The number of esters is 1. The van der Waals surface area contributed by atoms with Crippen molar-refractivity contribution in [3.05, 3.63) is 12.2 Å². The van der Waals surface area contributed by atoms with Crippen LogP contribution in [0.1, 0.15) is 99.8 Å². The molecule has 1 saturated heterocycles. The van der Waals surface area contributed by atoms with Gasteiger partial charge >= 0.3 is 5.97 Å². The van der Waals surface area contributed by atoms with Crippen molar-refractivity contribution in [1.82, 2.24) is 0 Å². The summed E-state index contributed by atoms with van der Waals surface area (Å²) in [6.45, 7) is 17.0. The Labute approximate surface area is 201 Å². The fourth-order valence-electron chi connectivity index (χ4n) is 11.4. The summed E-state index contributed by atoms with van der Waals surface area (Å²) in [5.74, 6) is 2.56. The van der Waals surface area contributed by atoms with Crippen LogP contribution in [0.25, 0.3) is 0 Å². The normalized spacial score (nSPS) is 60.8. The van der Waals surface area contributed by atoms with Gasteiger partial charge in [-0.3, -0.25) is 4.79 Å². The van der Waals surface area contributed by atoms with Gasteiger partial charge in [-0.05, 0) is 97.4 Å². The number of aliphatic hydroxyl groups is 1. The third-order valence-corrected chi connectivity index (χ3v) is 13.8. The maximum Gasteiger partial charge on any atom is 0.313 e. The minimum atomic E-state index is -0.450. The molecule has 6 rings (SSSR count). The molecule has 0 aromatic rings. The van der Waals surface area contributed by atoms with Crippen molar-refractivity contribution in [1.29, 1.82) is 0 Å². The highest BCUT2D eigenvalue weighted by Gasteiger charge is 2.80. The Morgan fingerprint density at radius 2 is 1.67 bits per heavy atom. The zero-order valence-corrected chi connectivity index (χ0v) is 22.0. The van der Waals surface area contributed by atoms with Crippen molar-refractivity contribution in [2.75, 3.05) is 0 Å². The third-order valence-electron chi connectivity index (χ3n) is 13.8. The first-order valence-corrected chi connectivity index (χ1v) is 13.9. The fourth-order valence-corrected chi connectivity index (χ4v) is 11.4. The van der Waals surface area contributed by atoms with Crippen LogP contribution in [-0.4, -0.2) is 22.8 Å². The van der Waals surface area contributed by atoms with Crippen LogP contribution in [0.2, 0.25) is 0 Å². The van der Waals surface area contributed by atoms with Gasteiger partial charge in [0.1, 0.15) is 5.60 Å². The third kappa shape index (κ3) is 2.23. The second kappa shape index (κ2) is 6.29. The molecule has 0 radical (unpaired) electrons. The molecule has 184 valence electrons. The van der Waals surface area contributed by atoms with Crippen LogP contribution in [-0.2, 0) is 9.53 Å². The SMILES string of the molecule is C[C@H]1[C@H](C)CC[C@@]23CC[C@]4(C)C(C=C[C@H]5[C@@]6(C)CCC(O)C(C)(C)C6CC[C@]54C)(OC2=O)[C@H]13. The maximum absolute atomic E-state index is 13.6. The van der Waals surface area contributed by atoms with Crippen LogP contribution in [0.3, 0.4) is 0 Å². The Hall–Kier alpha value is -0.830. The Bertz CT molecular complexity index is 922. The van der Waals surface area contributed by atoms with Gasteiger partial charge in [0.15, 0.2) is 0 Å². The van der Waals surface area contributed by atoms with Gasteiger partial charge in [0, 0.05) is 11.3 Å². The average molecular weight is 455 g/mol. The molecular weight excluding hydrogens is 408 g/mol. The molecule has 3 heteroatoms. The lowest BCUT2D eigenvalue weighted by atomic mass is 9.32. The molecule has 5 fully saturated rings. The van der Waals surface area contributed by atoms with Crippen molar-refractivity contribution in [2.24, 2.45) is 56.7 Å². The van der Waals surface area contributed by atoms with Crippen LogP contribution in [0.15, 0.2) is 12.2 Å². The molecule has 1 heterocycles. The minimum absolute atomic E-state index is 0.0424. The highest BCUT2D eigenvalue weighted by atomic mass is 16.6. The van der Waals surface area contributed by atoms with E-state index < -0.39 is 5.60 Å². The Morgan fingerprint density at radius 3 is 2.39 bits per heavy atom. The lowest BCUT2D eigenvalue weighted by Gasteiger charge is -2.72. The maximum atomic E-state index is 13.6. The van der Waals surface area contributed by atoms with Crippen LogP contribution in [0.4, 0.5) is 0 Å². The van der Waals surface area contributed by atoms with Gasteiger partial charge in [0.05, 0.1) is 11.5 Å². The van der Waals surface area contributed by atoms with E-state index >= 15 is 0 Å². The van der Waals surface area contributed by atoms with Crippen LogP contribution < -0.4 is 0 Å². The molecular formula is C30H46O3. The van der Waals surface area contributed by atoms with Crippen LogP contribution in [0, 0.1) is 56.7 Å². The molecule has 6 aliphatic rings.